The summed E-state index contributed by atoms with van der Waals surface area (Å²) < 4.78 is 5.07. The average molecular weight is 189 g/mol. The Morgan fingerprint density at radius 3 is 2.23 bits per heavy atom. The Morgan fingerprint density at radius 2 is 2.00 bits per heavy atom. The minimum Gasteiger partial charge on any atom is -0.460 e. The number of esters is 1. The molecule has 0 aliphatic heterocycles. The van der Waals surface area contributed by atoms with Crippen LogP contribution in [0.5, 0.6) is 0 Å². The second kappa shape index (κ2) is 4.58. The molecular weight excluding hydrogens is 170 g/mol. The van der Waals surface area contributed by atoms with Gasteiger partial charge in [-0.05, 0) is 27.2 Å². The van der Waals surface area contributed by atoms with Crippen molar-refractivity contribution >= 4 is 5.97 Å². The van der Waals surface area contributed by atoms with Crippen molar-refractivity contribution in [2.45, 2.75) is 45.9 Å². The molecule has 0 saturated carbocycles. The van der Waals surface area contributed by atoms with Crippen LogP contribution in [0.15, 0.2) is 0 Å². The summed E-state index contributed by atoms with van der Waals surface area (Å²) in [5.41, 5.74) is 4.69. The van der Waals surface area contributed by atoms with E-state index in [1.807, 2.05) is 0 Å². The fourth-order valence-corrected chi connectivity index (χ4v) is 0.925. The first-order chi connectivity index (χ1) is 5.78. The van der Waals surface area contributed by atoms with Crippen molar-refractivity contribution in [1.82, 2.24) is 0 Å². The molecule has 0 saturated heterocycles. The molecule has 0 aliphatic carbocycles. The first kappa shape index (κ1) is 12.4. The molecule has 0 radical (unpaired) electrons. The smallest absolute Gasteiger partial charge is 0.313 e. The zero-order valence-electron chi connectivity index (χ0n) is 8.70. The summed E-state index contributed by atoms with van der Waals surface area (Å²) in [6.07, 6.45) is -0.660. The number of hydrogen-bond donors (Lipinski definition) is 2. The van der Waals surface area contributed by atoms with Crippen LogP contribution in [0.1, 0.15) is 34.1 Å². The van der Waals surface area contributed by atoms with E-state index in [9.17, 15) is 4.79 Å². The van der Waals surface area contributed by atoms with Crippen molar-refractivity contribution in [2.75, 3.05) is 0 Å². The van der Waals surface area contributed by atoms with E-state index in [1.54, 1.807) is 27.7 Å². The van der Waals surface area contributed by atoms with E-state index in [2.05, 4.69) is 0 Å². The van der Waals surface area contributed by atoms with E-state index in [4.69, 9.17) is 15.6 Å². The summed E-state index contributed by atoms with van der Waals surface area (Å²) in [6.45, 7) is 7.12. The quantitative estimate of drug-likeness (QED) is 0.504. The predicted molar refractivity (Wildman–Crippen MR) is 49.8 cm³/mol. The van der Waals surface area contributed by atoms with E-state index < -0.39 is 23.7 Å². The molecule has 0 bridgehead atoms. The van der Waals surface area contributed by atoms with Crippen molar-refractivity contribution in [3.05, 3.63) is 0 Å². The number of ether oxygens (including phenoxy) is 1. The molecule has 0 rings (SSSR count). The maximum atomic E-state index is 11.4. The van der Waals surface area contributed by atoms with Gasteiger partial charge in [0, 0.05) is 0 Å². The Kier molecular flexibility index (Phi) is 4.36. The van der Waals surface area contributed by atoms with Crippen LogP contribution < -0.4 is 5.73 Å². The van der Waals surface area contributed by atoms with Crippen molar-refractivity contribution in [1.29, 1.82) is 0 Å². The van der Waals surface area contributed by atoms with E-state index >= 15 is 0 Å². The zero-order chi connectivity index (χ0) is 10.6. The third-order valence-corrected chi connectivity index (χ3v) is 1.56. The van der Waals surface area contributed by atoms with Gasteiger partial charge in [0.25, 0.3) is 0 Å². The summed E-state index contributed by atoms with van der Waals surface area (Å²) in [6, 6.07) is 0. The van der Waals surface area contributed by atoms with Gasteiger partial charge >= 0.3 is 5.97 Å². The molecule has 4 heteroatoms. The number of hydrogen-bond acceptors (Lipinski definition) is 4. The average Bonchev–Trinajstić information content (AvgIpc) is 1.82. The Labute approximate surface area is 79.1 Å². The van der Waals surface area contributed by atoms with E-state index in [-0.39, 0.29) is 0 Å². The summed E-state index contributed by atoms with van der Waals surface area (Å²) in [5, 5.41) is 9.06. The van der Waals surface area contributed by atoms with Gasteiger partial charge in [0.05, 0.1) is 5.92 Å². The molecule has 0 aromatic heterocycles. The third-order valence-electron chi connectivity index (χ3n) is 1.56. The van der Waals surface area contributed by atoms with Gasteiger partial charge in [-0.15, -0.1) is 0 Å². The first-order valence-corrected chi connectivity index (χ1v) is 4.44. The number of nitrogens with two attached hydrogens (primary N) is 1. The van der Waals surface area contributed by atoms with Crippen LogP contribution in [-0.2, 0) is 9.53 Å². The second-order valence-electron chi connectivity index (χ2n) is 4.04. The van der Waals surface area contributed by atoms with Gasteiger partial charge in [-0.2, -0.15) is 0 Å². The van der Waals surface area contributed by atoms with Crippen LogP contribution in [0.25, 0.3) is 0 Å². The van der Waals surface area contributed by atoms with Crippen molar-refractivity contribution in [3.63, 3.8) is 0 Å². The Bertz CT molecular complexity index is 172. The summed E-state index contributed by atoms with van der Waals surface area (Å²) in [7, 11) is 0. The maximum Gasteiger partial charge on any atom is 0.313 e. The highest BCUT2D eigenvalue weighted by molar-refractivity contribution is 5.73. The molecule has 0 aromatic carbocycles. The van der Waals surface area contributed by atoms with Crippen LogP contribution in [0.4, 0.5) is 0 Å². The lowest BCUT2D eigenvalue weighted by Gasteiger charge is -2.24. The highest BCUT2D eigenvalue weighted by Crippen LogP contribution is 2.14. The summed E-state index contributed by atoms with van der Waals surface area (Å²) >= 11 is 0. The maximum absolute atomic E-state index is 11.4. The molecular formula is C9H19NO3. The molecule has 0 spiro atoms. The van der Waals surface area contributed by atoms with Gasteiger partial charge in [0.2, 0.25) is 0 Å². The highest BCUT2D eigenvalue weighted by atomic mass is 16.6. The van der Waals surface area contributed by atoms with Gasteiger partial charge in [0.15, 0.2) is 0 Å². The van der Waals surface area contributed by atoms with Crippen LogP contribution in [0.2, 0.25) is 0 Å². The predicted octanol–water partition coefficient (Wildman–Crippen LogP) is 0.631. The van der Waals surface area contributed by atoms with Crippen LogP contribution in [0, 0.1) is 5.92 Å². The van der Waals surface area contributed by atoms with Crippen molar-refractivity contribution < 1.29 is 14.6 Å². The fourth-order valence-electron chi connectivity index (χ4n) is 0.925. The van der Waals surface area contributed by atoms with Crippen molar-refractivity contribution in [3.8, 4) is 0 Å². The molecule has 0 aliphatic rings. The molecule has 0 heterocycles. The summed E-state index contributed by atoms with van der Waals surface area (Å²) in [4.78, 5) is 11.4. The van der Waals surface area contributed by atoms with Crippen LogP contribution in [-0.4, -0.2) is 22.9 Å². The number of aliphatic hydroxyl groups is 1. The number of aliphatic hydroxyl groups excluding tert-OH is 1. The molecule has 13 heavy (non-hydrogen) atoms. The third kappa shape index (κ3) is 4.85. The Morgan fingerprint density at radius 1 is 1.54 bits per heavy atom. The SMILES string of the molecule is CC[C@@H](C(=O)OC(C)(C)C)C(N)O. The van der Waals surface area contributed by atoms with E-state index in [0.717, 1.165) is 0 Å². The molecule has 0 fully saturated rings. The Hall–Kier alpha value is -0.610. The molecule has 0 amide bonds. The summed E-state index contributed by atoms with van der Waals surface area (Å²) in [5.74, 6) is -1.07. The second-order valence-corrected chi connectivity index (χ2v) is 4.04. The number of carbonyl (C=O) groups excluding carboxylic acids is 1. The highest BCUT2D eigenvalue weighted by Gasteiger charge is 2.27. The minimum atomic E-state index is -1.14. The molecule has 2 atom stereocenters. The van der Waals surface area contributed by atoms with Gasteiger partial charge in [-0.3, -0.25) is 4.79 Å². The topological polar surface area (TPSA) is 72.5 Å². The van der Waals surface area contributed by atoms with Crippen molar-refractivity contribution in [2.24, 2.45) is 11.7 Å². The molecule has 0 aromatic rings. The van der Waals surface area contributed by atoms with E-state index in [1.165, 1.54) is 0 Å². The minimum absolute atomic E-state index is 0.440. The van der Waals surface area contributed by atoms with Crippen LogP contribution in [0.3, 0.4) is 0 Å². The molecule has 4 nitrogen and oxygen atoms in total. The van der Waals surface area contributed by atoms with Gasteiger partial charge in [0.1, 0.15) is 11.8 Å². The Balaban J connectivity index is 4.23. The lowest BCUT2D eigenvalue weighted by atomic mass is 10.1. The lowest BCUT2D eigenvalue weighted by Crippen LogP contribution is -2.38. The number of rotatable bonds is 3. The monoisotopic (exact) mass is 189 g/mol. The molecule has 78 valence electrons. The first-order valence-electron chi connectivity index (χ1n) is 4.44. The lowest BCUT2D eigenvalue weighted by molar-refractivity contribution is -0.164. The normalized spacial score (nSPS) is 16.5. The van der Waals surface area contributed by atoms with Gasteiger partial charge < -0.3 is 15.6 Å². The molecule has 1 unspecified atom stereocenters. The van der Waals surface area contributed by atoms with Gasteiger partial charge in [-0.1, -0.05) is 6.92 Å². The number of carbonyl (C=O) groups is 1. The van der Waals surface area contributed by atoms with Gasteiger partial charge in [-0.25, -0.2) is 0 Å². The molecule has 3 N–H and O–H groups in total. The van der Waals surface area contributed by atoms with Crippen LogP contribution >= 0.6 is 0 Å². The van der Waals surface area contributed by atoms with E-state index in [0.29, 0.717) is 6.42 Å². The fraction of sp³-hybridized carbons (Fsp3) is 0.889. The largest absolute Gasteiger partial charge is 0.460 e. The zero-order valence-corrected chi connectivity index (χ0v) is 8.70. The standard InChI is InChI=1S/C9H19NO3/c1-5-6(7(10)11)8(12)13-9(2,3)4/h6-7,11H,5,10H2,1-4H3/t6-,7?/m1/s1.